The van der Waals surface area contributed by atoms with Gasteiger partial charge in [-0.2, -0.15) is 0 Å². The number of rotatable bonds is 7. The van der Waals surface area contributed by atoms with Crippen LogP contribution in [0.25, 0.3) is 0 Å². The smallest absolute Gasteiger partial charge is 0.230 e. The highest BCUT2D eigenvalue weighted by atomic mass is 32.2. The molecule has 0 saturated heterocycles. The van der Waals surface area contributed by atoms with E-state index in [1.54, 1.807) is 18.7 Å². The molecule has 0 fully saturated rings. The Hall–Kier alpha value is -1.29. The van der Waals surface area contributed by atoms with Gasteiger partial charge in [0.25, 0.3) is 0 Å². The highest BCUT2D eigenvalue weighted by Gasteiger charge is 2.14. The second-order valence-electron chi connectivity index (χ2n) is 5.39. The molecule has 3 nitrogen and oxygen atoms in total. The summed E-state index contributed by atoms with van der Waals surface area (Å²) >= 11 is 1.60. The van der Waals surface area contributed by atoms with Crippen molar-refractivity contribution >= 4 is 23.5 Å². The molecule has 0 atom stereocenters. The van der Waals surface area contributed by atoms with Crippen molar-refractivity contribution in [3.63, 3.8) is 0 Å². The zero-order valence-electron chi connectivity index (χ0n) is 13.6. The number of amides is 1. The van der Waals surface area contributed by atoms with E-state index in [9.17, 15) is 9.59 Å². The van der Waals surface area contributed by atoms with Crippen molar-refractivity contribution in [2.75, 3.05) is 12.3 Å². The summed E-state index contributed by atoms with van der Waals surface area (Å²) in [5, 5.41) is 2.87. The number of hydrogen-bond acceptors (Lipinski definition) is 3. The van der Waals surface area contributed by atoms with Crippen LogP contribution in [0.2, 0.25) is 0 Å². The van der Waals surface area contributed by atoms with Crippen molar-refractivity contribution in [1.29, 1.82) is 0 Å². The Balaban J connectivity index is 2.78. The van der Waals surface area contributed by atoms with Gasteiger partial charge < -0.3 is 5.32 Å². The van der Waals surface area contributed by atoms with Crippen LogP contribution in [0, 0.1) is 20.8 Å². The van der Waals surface area contributed by atoms with Crippen LogP contribution in [0.4, 0.5) is 0 Å². The Kier molecular flexibility index (Phi) is 6.96. The average Bonchev–Trinajstić information content (AvgIpc) is 2.39. The van der Waals surface area contributed by atoms with Gasteiger partial charge in [-0.1, -0.05) is 13.0 Å². The zero-order chi connectivity index (χ0) is 16.0. The summed E-state index contributed by atoms with van der Waals surface area (Å²) in [4.78, 5) is 23.4. The molecule has 1 N–H and O–H groups in total. The molecule has 0 radical (unpaired) electrons. The van der Waals surface area contributed by atoms with Crippen molar-refractivity contribution in [2.45, 2.75) is 46.8 Å². The van der Waals surface area contributed by atoms with Crippen molar-refractivity contribution in [2.24, 2.45) is 0 Å². The summed E-state index contributed by atoms with van der Waals surface area (Å²) in [7, 11) is 0. The summed E-state index contributed by atoms with van der Waals surface area (Å²) in [6, 6.07) is 2.07. The molecule has 0 unspecified atom stereocenters. The predicted molar refractivity (Wildman–Crippen MR) is 90.1 cm³/mol. The molecule has 0 saturated carbocycles. The van der Waals surface area contributed by atoms with Crippen LogP contribution in [0.1, 0.15) is 52.9 Å². The molecule has 0 bridgehead atoms. The number of hydrogen-bond donors (Lipinski definition) is 1. The maximum absolute atomic E-state index is 11.8. The molecule has 0 aliphatic rings. The second-order valence-corrected chi connectivity index (χ2v) is 6.37. The molecule has 0 aliphatic heterocycles. The third-order valence-corrected chi connectivity index (χ3v) is 4.49. The van der Waals surface area contributed by atoms with Gasteiger partial charge in [0, 0.05) is 17.9 Å². The average molecular weight is 307 g/mol. The number of benzene rings is 1. The van der Waals surface area contributed by atoms with E-state index in [0.29, 0.717) is 5.75 Å². The van der Waals surface area contributed by atoms with Crippen LogP contribution >= 0.6 is 11.8 Å². The van der Waals surface area contributed by atoms with Crippen molar-refractivity contribution < 1.29 is 9.59 Å². The normalized spacial score (nSPS) is 10.5. The van der Waals surface area contributed by atoms with E-state index in [-0.39, 0.29) is 11.7 Å². The first-order valence-corrected chi connectivity index (χ1v) is 8.49. The first kappa shape index (κ1) is 17.8. The maximum atomic E-state index is 11.8. The fourth-order valence-corrected chi connectivity index (χ4v) is 3.59. The fraction of sp³-hybridized carbons (Fsp3) is 0.529. The lowest BCUT2D eigenvalue weighted by Gasteiger charge is -2.15. The van der Waals surface area contributed by atoms with Gasteiger partial charge in [0.05, 0.1) is 5.75 Å². The van der Waals surface area contributed by atoms with Crippen LogP contribution < -0.4 is 5.32 Å². The molecule has 0 aromatic heterocycles. The van der Waals surface area contributed by atoms with Crippen molar-refractivity contribution in [1.82, 2.24) is 5.32 Å². The molecule has 1 rings (SSSR count). The van der Waals surface area contributed by atoms with Gasteiger partial charge in [0.2, 0.25) is 5.91 Å². The fourth-order valence-electron chi connectivity index (χ4n) is 2.55. The molecule has 21 heavy (non-hydrogen) atoms. The highest BCUT2D eigenvalue weighted by Crippen LogP contribution is 2.26. The number of carbonyl (C=O) groups excluding carboxylic acids is 2. The third-order valence-electron chi connectivity index (χ3n) is 3.53. The lowest BCUT2D eigenvalue weighted by molar-refractivity contribution is -0.118. The molecule has 0 aliphatic carbocycles. The topological polar surface area (TPSA) is 46.2 Å². The van der Waals surface area contributed by atoms with Gasteiger partial charge in [-0.05, 0) is 56.4 Å². The number of nitrogens with one attached hydrogen (secondary N) is 1. The minimum Gasteiger partial charge on any atom is -0.355 e. The monoisotopic (exact) mass is 307 g/mol. The molecule has 0 spiro atoms. The highest BCUT2D eigenvalue weighted by molar-refractivity contribution is 7.99. The Bertz CT molecular complexity index is 538. The number of Topliss-reactive ketones (excluding diaryl/α,β-unsaturated/α-hetero) is 1. The lowest BCUT2D eigenvalue weighted by Crippen LogP contribution is -2.25. The second kappa shape index (κ2) is 8.23. The molecular weight excluding hydrogens is 282 g/mol. The number of aryl methyl sites for hydroxylation is 2. The van der Waals surface area contributed by atoms with Crippen LogP contribution in [0.3, 0.4) is 0 Å². The molecule has 4 heteroatoms. The predicted octanol–water partition coefficient (Wildman–Crippen LogP) is 3.57. The Morgan fingerprint density at radius 2 is 1.86 bits per heavy atom. The Morgan fingerprint density at radius 1 is 1.19 bits per heavy atom. The molecule has 1 aromatic carbocycles. The summed E-state index contributed by atoms with van der Waals surface area (Å²) < 4.78 is 0. The van der Waals surface area contributed by atoms with E-state index < -0.39 is 0 Å². The van der Waals surface area contributed by atoms with E-state index in [4.69, 9.17) is 0 Å². The minimum atomic E-state index is 0.0797. The van der Waals surface area contributed by atoms with E-state index in [0.717, 1.165) is 35.4 Å². The number of ketones is 1. The van der Waals surface area contributed by atoms with Crippen molar-refractivity contribution in [3.05, 3.63) is 33.9 Å². The van der Waals surface area contributed by atoms with Gasteiger partial charge in [-0.3, -0.25) is 9.59 Å². The van der Waals surface area contributed by atoms with Crippen LogP contribution in [-0.2, 0) is 10.5 Å². The standard InChI is InChI=1S/C17H25NO2S/c1-6-7-18-16(20)10-21-9-15-11(2)8-12(3)17(13(15)4)14(5)19/h8H,6-7,9-10H2,1-5H3,(H,18,20). The Morgan fingerprint density at radius 3 is 2.43 bits per heavy atom. The SMILES string of the molecule is CCCNC(=O)CSCc1c(C)cc(C)c(C(C)=O)c1C. The van der Waals surface area contributed by atoms with Gasteiger partial charge in [0.15, 0.2) is 5.78 Å². The largest absolute Gasteiger partial charge is 0.355 e. The van der Waals surface area contributed by atoms with Crippen LogP contribution in [0.15, 0.2) is 6.07 Å². The molecule has 1 aromatic rings. The summed E-state index contributed by atoms with van der Waals surface area (Å²) in [6.07, 6.45) is 0.953. The summed E-state index contributed by atoms with van der Waals surface area (Å²) in [5.41, 5.74) is 5.29. The van der Waals surface area contributed by atoms with E-state index in [1.165, 1.54) is 11.1 Å². The molecule has 0 heterocycles. The van der Waals surface area contributed by atoms with E-state index >= 15 is 0 Å². The van der Waals surface area contributed by atoms with Crippen LogP contribution in [-0.4, -0.2) is 24.0 Å². The number of thioether (sulfide) groups is 1. The summed E-state index contributed by atoms with van der Waals surface area (Å²) in [5.74, 6) is 1.41. The molecular formula is C17H25NO2S. The van der Waals surface area contributed by atoms with Gasteiger partial charge >= 0.3 is 0 Å². The first-order chi connectivity index (χ1) is 9.88. The summed E-state index contributed by atoms with van der Waals surface area (Å²) in [6.45, 7) is 10.4. The van der Waals surface area contributed by atoms with Crippen molar-refractivity contribution in [3.8, 4) is 0 Å². The van der Waals surface area contributed by atoms with E-state index in [2.05, 4.69) is 18.3 Å². The quantitative estimate of drug-likeness (QED) is 0.783. The molecule has 116 valence electrons. The van der Waals surface area contributed by atoms with Crippen LogP contribution in [0.5, 0.6) is 0 Å². The third kappa shape index (κ3) is 4.88. The zero-order valence-corrected chi connectivity index (χ0v) is 14.4. The van der Waals surface area contributed by atoms with Gasteiger partial charge in [0.1, 0.15) is 0 Å². The number of carbonyl (C=O) groups is 2. The lowest BCUT2D eigenvalue weighted by atomic mass is 9.92. The van der Waals surface area contributed by atoms with Gasteiger partial charge in [-0.25, -0.2) is 0 Å². The van der Waals surface area contributed by atoms with Gasteiger partial charge in [-0.15, -0.1) is 11.8 Å². The first-order valence-electron chi connectivity index (χ1n) is 7.33. The van der Waals surface area contributed by atoms with E-state index in [1.807, 2.05) is 20.8 Å². The Labute approximate surface area is 131 Å². The maximum Gasteiger partial charge on any atom is 0.230 e. The molecule has 1 amide bonds. The minimum absolute atomic E-state index is 0.0797.